The summed E-state index contributed by atoms with van der Waals surface area (Å²) in [6.07, 6.45) is 6.88. The van der Waals surface area contributed by atoms with Crippen molar-refractivity contribution in [2.24, 2.45) is 0 Å². The number of nitrogens with zero attached hydrogens (tertiary/aromatic N) is 4. The Labute approximate surface area is 142 Å². The van der Waals surface area contributed by atoms with E-state index in [2.05, 4.69) is 20.3 Å². The molecule has 6 nitrogen and oxygen atoms in total. The summed E-state index contributed by atoms with van der Waals surface area (Å²) in [6.45, 7) is 0.630. The van der Waals surface area contributed by atoms with E-state index in [1.807, 2.05) is 36.5 Å². The molecule has 1 N–H and O–H groups in total. The Morgan fingerprint density at radius 1 is 1.21 bits per heavy atom. The van der Waals surface area contributed by atoms with Crippen LogP contribution in [0.2, 0.25) is 0 Å². The normalized spacial score (nSPS) is 16.6. The lowest BCUT2D eigenvalue weighted by atomic mass is 10.2. The lowest BCUT2D eigenvalue weighted by Gasteiger charge is -2.19. The highest BCUT2D eigenvalue weighted by atomic mass is 32.2. The molecule has 0 bridgehead atoms. The summed E-state index contributed by atoms with van der Waals surface area (Å²) in [4.78, 5) is 14.0. The number of benzene rings is 1. The van der Waals surface area contributed by atoms with Crippen LogP contribution in [0.3, 0.4) is 0 Å². The number of imidazole rings is 1. The van der Waals surface area contributed by atoms with Gasteiger partial charge in [-0.25, -0.2) is 9.97 Å². The maximum Gasteiger partial charge on any atom is 0.237 e. The molecule has 1 aliphatic heterocycles. The second-order valence-corrected chi connectivity index (χ2v) is 7.12. The van der Waals surface area contributed by atoms with Crippen LogP contribution < -0.4 is 5.32 Å². The number of anilines is 1. The number of rotatable bonds is 4. The molecule has 0 spiro atoms. The van der Waals surface area contributed by atoms with Crippen molar-refractivity contribution in [3.05, 3.63) is 60.3 Å². The molecule has 24 heavy (non-hydrogen) atoms. The van der Waals surface area contributed by atoms with Gasteiger partial charge in [-0.2, -0.15) is 4.98 Å². The zero-order valence-corrected chi connectivity index (χ0v) is 13.9. The maximum atomic E-state index is 12.5. The molecule has 3 aromatic rings. The maximum absolute atomic E-state index is 12.5. The monoisotopic (exact) mass is 339 g/mol. The van der Waals surface area contributed by atoms with E-state index in [0.717, 1.165) is 29.0 Å². The van der Waals surface area contributed by atoms with E-state index in [1.165, 1.54) is 0 Å². The van der Waals surface area contributed by atoms with Gasteiger partial charge in [0.2, 0.25) is 5.95 Å². The van der Waals surface area contributed by atoms with E-state index < -0.39 is 10.8 Å². The van der Waals surface area contributed by atoms with Crippen LogP contribution in [-0.4, -0.2) is 29.5 Å². The third-order valence-electron chi connectivity index (χ3n) is 3.93. The minimum absolute atomic E-state index is 0.556. The Kier molecular flexibility index (Phi) is 4.08. The van der Waals surface area contributed by atoms with Crippen LogP contribution in [0.25, 0.3) is 5.95 Å². The average molecular weight is 339 g/mol. The Hall–Kier alpha value is -2.54. The molecule has 0 saturated carbocycles. The van der Waals surface area contributed by atoms with Crippen molar-refractivity contribution in [2.45, 2.75) is 24.3 Å². The zero-order chi connectivity index (χ0) is 16.4. The first-order valence-electron chi connectivity index (χ1n) is 7.86. The van der Waals surface area contributed by atoms with Gasteiger partial charge < -0.3 is 5.32 Å². The minimum Gasteiger partial charge on any atom is -0.365 e. The Balaban J connectivity index is 1.72. The van der Waals surface area contributed by atoms with Gasteiger partial charge in [0.25, 0.3) is 0 Å². The third kappa shape index (κ3) is 2.94. The summed E-state index contributed by atoms with van der Waals surface area (Å²) in [5.74, 6) is 1.88. The highest BCUT2D eigenvalue weighted by molar-refractivity contribution is 7.85. The fraction of sp³-hybridized carbons (Fsp3) is 0.235. The van der Waals surface area contributed by atoms with Crippen LogP contribution in [0.1, 0.15) is 17.7 Å². The van der Waals surface area contributed by atoms with E-state index in [9.17, 15) is 4.21 Å². The molecule has 0 fully saturated rings. The molecule has 1 unspecified atom stereocenters. The summed E-state index contributed by atoms with van der Waals surface area (Å²) >= 11 is 0. The summed E-state index contributed by atoms with van der Waals surface area (Å²) in [7, 11) is -1.05. The average Bonchev–Trinajstić information content (AvgIpc) is 3.15. The molecule has 122 valence electrons. The highest BCUT2D eigenvalue weighted by Crippen LogP contribution is 2.28. The van der Waals surface area contributed by atoms with Gasteiger partial charge in [-0.15, -0.1) is 0 Å². The molecule has 0 amide bonds. The fourth-order valence-electron chi connectivity index (χ4n) is 2.76. The van der Waals surface area contributed by atoms with Crippen molar-refractivity contribution in [1.82, 2.24) is 19.5 Å². The number of aromatic nitrogens is 4. The summed E-state index contributed by atoms with van der Waals surface area (Å²) in [6, 6.07) is 10.1. The van der Waals surface area contributed by atoms with Gasteiger partial charge in [0.15, 0.2) is 0 Å². The molecule has 0 radical (unpaired) electrons. The zero-order valence-electron chi connectivity index (χ0n) is 13.1. The fourth-order valence-corrected chi connectivity index (χ4v) is 4.11. The van der Waals surface area contributed by atoms with Crippen LogP contribution in [0.5, 0.6) is 0 Å². The molecule has 7 heteroatoms. The lowest BCUT2D eigenvalue weighted by molar-refractivity contribution is 0.668. The number of nitrogens with one attached hydrogen (secondary N) is 1. The van der Waals surface area contributed by atoms with Crippen molar-refractivity contribution in [1.29, 1.82) is 0 Å². The van der Waals surface area contributed by atoms with Crippen LogP contribution in [0.15, 0.2) is 53.9 Å². The van der Waals surface area contributed by atoms with Crippen LogP contribution in [-0.2, 0) is 23.8 Å². The molecular formula is C17H17N5OS. The first-order valence-corrected chi connectivity index (χ1v) is 9.18. The lowest BCUT2D eigenvalue weighted by Crippen LogP contribution is -2.18. The van der Waals surface area contributed by atoms with Crippen LogP contribution >= 0.6 is 0 Å². The minimum atomic E-state index is -1.05. The second kappa shape index (κ2) is 6.52. The molecule has 0 saturated heterocycles. The topological polar surface area (TPSA) is 72.7 Å². The summed E-state index contributed by atoms with van der Waals surface area (Å²) in [5, 5.41) is 3.34. The Morgan fingerprint density at radius 3 is 2.88 bits per heavy atom. The molecule has 3 heterocycles. The van der Waals surface area contributed by atoms with Crippen molar-refractivity contribution in [3.8, 4) is 5.95 Å². The van der Waals surface area contributed by atoms with E-state index in [4.69, 9.17) is 0 Å². The van der Waals surface area contributed by atoms with Crippen molar-refractivity contribution < 1.29 is 4.21 Å². The third-order valence-corrected chi connectivity index (χ3v) is 5.48. The standard InChI is InChI=1S/C17H17N5OS/c23-24-10-4-7-14-15(24)16(19-11-13-5-2-1-3-6-13)21-17(20-14)22-9-8-18-12-22/h1-3,5-6,8-9,12H,4,7,10-11H2,(H,19,20,21). The molecule has 0 aliphatic carbocycles. The molecule has 2 aromatic heterocycles. The smallest absolute Gasteiger partial charge is 0.237 e. The van der Waals surface area contributed by atoms with Crippen LogP contribution in [0, 0.1) is 0 Å². The number of hydrogen-bond donors (Lipinski definition) is 1. The van der Waals surface area contributed by atoms with Crippen molar-refractivity contribution >= 4 is 16.6 Å². The van der Waals surface area contributed by atoms with E-state index in [1.54, 1.807) is 17.1 Å². The number of fused-ring (bicyclic) bond motifs is 1. The van der Waals surface area contributed by atoms with Crippen LogP contribution in [0.4, 0.5) is 5.82 Å². The van der Waals surface area contributed by atoms with E-state index in [0.29, 0.717) is 24.1 Å². The predicted octanol–water partition coefficient (Wildman–Crippen LogP) is 2.33. The Morgan fingerprint density at radius 2 is 2.08 bits per heavy atom. The van der Waals surface area contributed by atoms with E-state index in [-0.39, 0.29) is 0 Å². The molecule has 4 rings (SSSR count). The van der Waals surface area contributed by atoms with Gasteiger partial charge in [-0.3, -0.25) is 8.78 Å². The first kappa shape index (κ1) is 15.0. The molecule has 1 atom stereocenters. The van der Waals surface area contributed by atoms with E-state index >= 15 is 0 Å². The molecular weight excluding hydrogens is 322 g/mol. The second-order valence-electron chi connectivity index (χ2n) is 5.61. The SMILES string of the molecule is O=S1CCCc2nc(-n3ccnc3)nc(NCc3ccccc3)c21. The molecule has 1 aliphatic rings. The number of hydrogen-bond acceptors (Lipinski definition) is 5. The van der Waals surface area contributed by atoms with Crippen molar-refractivity contribution in [2.75, 3.05) is 11.1 Å². The summed E-state index contributed by atoms with van der Waals surface area (Å²) in [5.41, 5.74) is 2.02. The number of aryl methyl sites for hydroxylation is 1. The summed E-state index contributed by atoms with van der Waals surface area (Å²) < 4.78 is 14.3. The van der Waals surface area contributed by atoms with Gasteiger partial charge in [0.05, 0.1) is 16.5 Å². The quantitative estimate of drug-likeness (QED) is 0.790. The van der Waals surface area contributed by atoms with Gasteiger partial charge >= 0.3 is 0 Å². The van der Waals surface area contributed by atoms with Gasteiger partial charge in [-0.1, -0.05) is 30.3 Å². The first-order chi connectivity index (χ1) is 11.8. The van der Waals surface area contributed by atoms with Gasteiger partial charge in [0, 0.05) is 24.7 Å². The molecule has 1 aromatic carbocycles. The van der Waals surface area contributed by atoms with Gasteiger partial charge in [0.1, 0.15) is 17.0 Å². The van der Waals surface area contributed by atoms with Gasteiger partial charge in [-0.05, 0) is 18.4 Å². The Bertz CT molecular complexity index is 864. The largest absolute Gasteiger partial charge is 0.365 e. The van der Waals surface area contributed by atoms with Crippen molar-refractivity contribution in [3.63, 3.8) is 0 Å². The predicted molar refractivity (Wildman–Crippen MR) is 92.5 cm³/mol. The highest BCUT2D eigenvalue weighted by Gasteiger charge is 2.24.